The molecule has 188 valence electrons. The van der Waals surface area contributed by atoms with Gasteiger partial charge in [0, 0.05) is 49.6 Å². The van der Waals surface area contributed by atoms with Crippen LogP contribution in [0.3, 0.4) is 0 Å². The van der Waals surface area contributed by atoms with E-state index < -0.39 is 15.6 Å². The number of aromatic nitrogens is 8. The number of hydrogen-bond acceptors (Lipinski definition) is 7. The van der Waals surface area contributed by atoms with Crippen molar-refractivity contribution in [3.05, 3.63) is 72.9 Å². The number of rotatable bonds is 0. The molecule has 11 nitrogen and oxygen atoms in total. The third-order valence-corrected chi connectivity index (χ3v) is 3.39. The van der Waals surface area contributed by atoms with Crippen molar-refractivity contribution in [3.8, 4) is 0 Å². The SMILES string of the molecule is Cc1ncc[nH]1.Cc1ncc[nH]1.Cc1ncc[nH]1.Cc1ncc[nH]1.O=S(=O)([O-])C(F)(F)F.[Cu+]. The van der Waals surface area contributed by atoms with Gasteiger partial charge in [-0.2, -0.15) is 13.2 Å². The Morgan fingerprint density at radius 2 is 0.848 bits per heavy atom. The number of aryl methyl sites for hydroxylation is 4. The molecule has 0 spiro atoms. The van der Waals surface area contributed by atoms with Crippen molar-refractivity contribution in [2.45, 2.75) is 33.2 Å². The second kappa shape index (κ2) is 16.7. The van der Waals surface area contributed by atoms with Crippen LogP contribution in [-0.4, -0.2) is 58.4 Å². The van der Waals surface area contributed by atoms with Gasteiger partial charge in [0.15, 0.2) is 10.1 Å². The summed E-state index contributed by atoms with van der Waals surface area (Å²) < 4.78 is 58.9. The van der Waals surface area contributed by atoms with Crippen molar-refractivity contribution < 1.29 is 43.2 Å². The molecule has 0 radical (unpaired) electrons. The molecule has 0 aliphatic heterocycles. The Balaban J connectivity index is 0. The number of imidazole rings is 4. The molecule has 0 fully saturated rings. The van der Waals surface area contributed by atoms with Gasteiger partial charge < -0.3 is 24.5 Å². The average molecular weight is 541 g/mol. The topological polar surface area (TPSA) is 172 Å². The minimum absolute atomic E-state index is 0. The summed E-state index contributed by atoms with van der Waals surface area (Å²) in [6.07, 6.45) is 14.1. The molecule has 0 unspecified atom stereocenters. The Labute approximate surface area is 199 Å². The monoisotopic (exact) mass is 540 g/mol. The molecule has 4 rings (SSSR count). The number of nitrogens with zero attached hydrogens (tertiary/aromatic N) is 4. The standard InChI is InChI=1S/4C4H6N2.CHF3O3S.Cu/c4*1-4-5-2-3-6-4;2-1(3,4)8(5,6)7;/h4*2-3H,1H3,(H,5,6);(H,5,6,7);/q;;;;;+1/p-1. The second-order valence-corrected chi connectivity index (χ2v) is 6.97. The fourth-order valence-corrected chi connectivity index (χ4v) is 1.38. The third-order valence-electron chi connectivity index (χ3n) is 2.82. The summed E-state index contributed by atoms with van der Waals surface area (Å²) >= 11 is 0. The molecule has 0 saturated heterocycles. The first-order chi connectivity index (χ1) is 14.8. The summed E-state index contributed by atoms with van der Waals surface area (Å²) in [4.78, 5) is 27.0. The molecule has 4 aromatic rings. The maximum Gasteiger partial charge on any atom is 1.00 e. The summed E-state index contributed by atoms with van der Waals surface area (Å²) in [5.74, 6) is 3.87. The molecule has 33 heavy (non-hydrogen) atoms. The number of alkyl halides is 3. The smallest absolute Gasteiger partial charge is 0.741 e. The van der Waals surface area contributed by atoms with Gasteiger partial charge in [0.25, 0.3) is 0 Å². The van der Waals surface area contributed by atoms with Gasteiger partial charge in [-0.15, -0.1) is 0 Å². The number of aromatic amines is 4. The number of H-pyrrole nitrogens is 4. The summed E-state index contributed by atoms with van der Waals surface area (Å²) in [6, 6.07) is 0. The summed E-state index contributed by atoms with van der Waals surface area (Å²) in [7, 11) is -6.09. The van der Waals surface area contributed by atoms with Gasteiger partial charge in [-0.05, 0) is 27.7 Å². The maximum atomic E-state index is 10.7. The third kappa shape index (κ3) is 18.3. The molecular formula is C17H24CuF3N8O3S. The van der Waals surface area contributed by atoms with Crippen LogP contribution in [0.2, 0.25) is 0 Å². The van der Waals surface area contributed by atoms with Crippen molar-refractivity contribution in [2.24, 2.45) is 0 Å². The Hall–Kier alpha value is -2.94. The summed E-state index contributed by atoms with van der Waals surface area (Å²) in [5.41, 5.74) is -5.65. The Morgan fingerprint density at radius 1 is 0.667 bits per heavy atom. The molecule has 4 heterocycles. The van der Waals surface area contributed by atoms with Gasteiger partial charge in [0.1, 0.15) is 23.3 Å². The Kier molecular flexibility index (Phi) is 16.3. The molecule has 0 aliphatic rings. The maximum absolute atomic E-state index is 10.7. The van der Waals surface area contributed by atoms with Gasteiger partial charge in [-0.25, -0.2) is 28.4 Å². The van der Waals surface area contributed by atoms with Crippen molar-refractivity contribution in [3.63, 3.8) is 0 Å². The fraction of sp³-hybridized carbons (Fsp3) is 0.294. The first kappa shape index (κ1) is 32.2. The summed E-state index contributed by atoms with van der Waals surface area (Å²) in [5, 5.41) is 0. The number of hydrogen-bond donors (Lipinski definition) is 4. The van der Waals surface area contributed by atoms with Crippen LogP contribution >= 0.6 is 0 Å². The van der Waals surface area contributed by atoms with Gasteiger partial charge in [0.05, 0.1) is 0 Å². The van der Waals surface area contributed by atoms with Crippen LogP contribution in [0.1, 0.15) is 23.3 Å². The quantitative estimate of drug-likeness (QED) is 0.151. The zero-order chi connectivity index (χ0) is 24.6. The normalized spacial score (nSPS) is 9.82. The van der Waals surface area contributed by atoms with Crippen LogP contribution in [-0.2, 0) is 27.2 Å². The van der Waals surface area contributed by atoms with E-state index in [1.807, 2.05) is 27.7 Å². The second-order valence-electron chi connectivity index (χ2n) is 5.60. The molecule has 0 saturated carbocycles. The molecule has 0 aliphatic carbocycles. The van der Waals surface area contributed by atoms with E-state index in [4.69, 9.17) is 13.0 Å². The van der Waals surface area contributed by atoms with E-state index >= 15 is 0 Å². The molecular weight excluding hydrogens is 517 g/mol. The Morgan fingerprint density at radius 3 is 0.879 bits per heavy atom. The molecule has 4 aromatic heterocycles. The van der Waals surface area contributed by atoms with E-state index in [0.29, 0.717) is 0 Å². The van der Waals surface area contributed by atoms with Crippen molar-refractivity contribution in [2.75, 3.05) is 0 Å². The van der Waals surface area contributed by atoms with Crippen molar-refractivity contribution in [1.29, 1.82) is 0 Å². The van der Waals surface area contributed by atoms with Crippen LogP contribution in [0.5, 0.6) is 0 Å². The van der Waals surface area contributed by atoms with E-state index in [9.17, 15) is 13.2 Å². The van der Waals surface area contributed by atoms with E-state index in [1.54, 1.807) is 49.6 Å². The predicted molar refractivity (Wildman–Crippen MR) is 109 cm³/mol. The minimum atomic E-state index is -6.09. The molecule has 0 aromatic carbocycles. The van der Waals surface area contributed by atoms with Gasteiger partial charge in [0.2, 0.25) is 0 Å². The zero-order valence-corrected chi connectivity index (χ0v) is 19.7. The van der Waals surface area contributed by atoms with E-state index in [0.717, 1.165) is 23.3 Å². The fourth-order valence-electron chi connectivity index (χ4n) is 1.38. The van der Waals surface area contributed by atoms with E-state index in [-0.39, 0.29) is 17.1 Å². The molecule has 4 N–H and O–H groups in total. The average Bonchev–Trinajstić information content (AvgIpc) is 3.46. The zero-order valence-electron chi connectivity index (χ0n) is 18.0. The molecule has 0 amide bonds. The molecule has 0 atom stereocenters. The first-order valence-corrected chi connectivity index (χ1v) is 10.1. The van der Waals surface area contributed by atoms with Gasteiger partial charge >= 0.3 is 22.6 Å². The van der Waals surface area contributed by atoms with Crippen LogP contribution in [0.15, 0.2) is 49.6 Å². The van der Waals surface area contributed by atoms with Crippen molar-refractivity contribution in [1.82, 2.24) is 39.9 Å². The van der Waals surface area contributed by atoms with Crippen LogP contribution in [0, 0.1) is 27.7 Å². The molecule has 16 heteroatoms. The van der Waals surface area contributed by atoms with Crippen LogP contribution < -0.4 is 0 Å². The van der Waals surface area contributed by atoms with E-state index in [2.05, 4.69) is 39.9 Å². The number of nitrogens with one attached hydrogen (secondary N) is 4. The van der Waals surface area contributed by atoms with Gasteiger partial charge in [-0.1, -0.05) is 0 Å². The van der Waals surface area contributed by atoms with Gasteiger partial charge in [-0.3, -0.25) is 0 Å². The number of halogens is 3. The van der Waals surface area contributed by atoms with Crippen LogP contribution in [0.25, 0.3) is 0 Å². The first-order valence-electron chi connectivity index (χ1n) is 8.69. The summed E-state index contributed by atoms with van der Waals surface area (Å²) in [6.45, 7) is 7.67. The van der Waals surface area contributed by atoms with Crippen molar-refractivity contribution >= 4 is 10.1 Å². The van der Waals surface area contributed by atoms with Crippen LogP contribution in [0.4, 0.5) is 13.2 Å². The Bertz CT molecular complexity index is 893. The largest absolute Gasteiger partial charge is 1.00 e. The minimum Gasteiger partial charge on any atom is -0.741 e. The molecule has 0 bridgehead atoms. The van der Waals surface area contributed by atoms with E-state index in [1.165, 1.54) is 0 Å². The predicted octanol–water partition coefficient (Wildman–Crippen LogP) is 2.92.